The number of esters is 1. The van der Waals surface area contributed by atoms with Crippen LogP contribution in [0.4, 0.5) is 13.2 Å². The van der Waals surface area contributed by atoms with E-state index in [9.17, 15) is 18.0 Å². The van der Waals surface area contributed by atoms with E-state index in [0.29, 0.717) is 13.2 Å². The van der Waals surface area contributed by atoms with E-state index in [2.05, 4.69) is 10.1 Å². The van der Waals surface area contributed by atoms with Crippen molar-refractivity contribution in [2.24, 2.45) is 0 Å². The Balaban J connectivity index is 1.96. The van der Waals surface area contributed by atoms with Crippen molar-refractivity contribution < 1.29 is 27.4 Å². The van der Waals surface area contributed by atoms with Gasteiger partial charge in [0, 0.05) is 11.4 Å². The summed E-state index contributed by atoms with van der Waals surface area (Å²) in [6.07, 6.45) is -4.15. The second-order valence-corrected chi connectivity index (χ2v) is 6.66. The molecule has 3 unspecified atom stereocenters. The smallest absolute Gasteiger partial charge is 0.439 e. The molecule has 0 spiro atoms. The fourth-order valence-corrected chi connectivity index (χ4v) is 3.87. The van der Waals surface area contributed by atoms with E-state index in [1.165, 1.54) is 0 Å². The van der Waals surface area contributed by atoms with Crippen molar-refractivity contribution in [3.8, 4) is 0 Å². The van der Waals surface area contributed by atoms with Crippen molar-refractivity contribution in [2.75, 3.05) is 12.8 Å². The lowest BCUT2D eigenvalue weighted by Crippen LogP contribution is -2.43. The Kier molecular flexibility index (Phi) is 4.10. The molecule has 0 bridgehead atoms. The Labute approximate surface area is 135 Å². The average molecular weight is 347 g/mol. The second kappa shape index (κ2) is 5.68. The highest BCUT2D eigenvalue weighted by Gasteiger charge is 2.54. The molecule has 4 nitrogen and oxygen atoms in total. The van der Waals surface area contributed by atoms with Crippen LogP contribution in [0.3, 0.4) is 0 Å². The largest absolute Gasteiger partial charge is 0.490 e. The lowest BCUT2D eigenvalue weighted by Gasteiger charge is -2.39. The summed E-state index contributed by atoms with van der Waals surface area (Å²) in [5.74, 6) is -2.67. The number of nitrogens with one attached hydrogen (secondary N) is 1. The van der Waals surface area contributed by atoms with Gasteiger partial charge in [0.05, 0.1) is 18.1 Å². The van der Waals surface area contributed by atoms with E-state index in [-0.39, 0.29) is 0 Å². The van der Waals surface area contributed by atoms with Crippen LogP contribution in [0.1, 0.15) is 24.0 Å². The summed E-state index contributed by atoms with van der Waals surface area (Å²) in [5, 5.41) is 2.85. The van der Waals surface area contributed by atoms with Crippen LogP contribution < -0.4 is 5.32 Å². The van der Waals surface area contributed by atoms with Crippen LogP contribution in [0.25, 0.3) is 0 Å². The minimum atomic E-state index is -5.01. The second-order valence-electron chi connectivity index (χ2n) is 5.81. The number of benzene rings is 1. The molecule has 8 heteroatoms. The molecule has 1 aromatic rings. The van der Waals surface area contributed by atoms with Gasteiger partial charge in [-0.15, -0.1) is 11.8 Å². The first-order valence-corrected chi connectivity index (χ1v) is 8.29. The van der Waals surface area contributed by atoms with Crippen molar-refractivity contribution >= 4 is 17.7 Å². The number of rotatable bonds is 2. The van der Waals surface area contributed by atoms with Crippen LogP contribution in [0.15, 0.2) is 23.1 Å². The van der Waals surface area contributed by atoms with Crippen LogP contribution in [0.5, 0.6) is 0 Å². The highest BCUT2D eigenvalue weighted by atomic mass is 32.2. The number of carbonyl (C=O) groups excluding carboxylic acids is 1. The zero-order valence-electron chi connectivity index (χ0n) is 12.6. The minimum absolute atomic E-state index is 0.316. The van der Waals surface area contributed by atoms with Gasteiger partial charge < -0.3 is 9.47 Å². The molecule has 2 aliphatic rings. The zero-order valence-corrected chi connectivity index (χ0v) is 13.4. The maximum absolute atomic E-state index is 12.5. The van der Waals surface area contributed by atoms with Gasteiger partial charge >= 0.3 is 12.1 Å². The summed E-state index contributed by atoms with van der Waals surface area (Å²) < 4.78 is 48.1. The molecule has 2 heterocycles. The Morgan fingerprint density at radius 3 is 2.87 bits per heavy atom. The van der Waals surface area contributed by atoms with Gasteiger partial charge in [0.25, 0.3) is 0 Å². The average Bonchev–Trinajstić information content (AvgIpc) is 2.83. The number of alkyl halides is 3. The number of hydrogen-bond donors (Lipinski definition) is 1. The first kappa shape index (κ1) is 16.6. The fourth-order valence-electron chi connectivity index (χ4n) is 3.23. The van der Waals surface area contributed by atoms with Gasteiger partial charge in [0.15, 0.2) is 6.23 Å². The number of carbonyl (C=O) groups is 1. The number of hydrogen-bond acceptors (Lipinski definition) is 5. The van der Waals surface area contributed by atoms with Crippen LogP contribution in [-0.2, 0) is 20.9 Å². The minimum Gasteiger partial charge on any atom is -0.439 e. The fraction of sp³-hybridized carbons (Fsp3) is 0.533. The van der Waals surface area contributed by atoms with Gasteiger partial charge in [0.1, 0.15) is 0 Å². The summed E-state index contributed by atoms with van der Waals surface area (Å²) in [5.41, 5.74) is 1.11. The molecule has 1 fully saturated rings. The normalized spacial score (nSPS) is 29.8. The highest BCUT2D eigenvalue weighted by Crippen LogP contribution is 2.46. The molecule has 1 N–H and O–H groups in total. The number of thioether (sulfide) groups is 1. The Hall–Kier alpha value is -1.25. The number of halogens is 3. The summed E-state index contributed by atoms with van der Waals surface area (Å²) in [6, 6.07) is 5.66. The molecule has 1 aromatic carbocycles. The lowest BCUT2D eigenvalue weighted by atomic mass is 9.80. The van der Waals surface area contributed by atoms with E-state index in [4.69, 9.17) is 4.74 Å². The molecule has 3 atom stereocenters. The quantitative estimate of drug-likeness (QED) is 0.659. The predicted octanol–water partition coefficient (Wildman–Crippen LogP) is 2.82. The SMILES string of the molecule is CSc1cccc2c1COC1(C)CNC(OC(=O)C(F)(F)F)C21. The van der Waals surface area contributed by atoms with Gasteiger partial charge in [-0.2, -0.15) is 13.2 Å². The van der Waals surface area contributed by atoms with Gasteiger partial charge in [-0.25, -0.2) is 4.79 Å². The monoisotopic (exact) mass is 347 g/mol. The van der Waals surface area contributed by atoms with E-state index >= 15 is 0 Å². The summed E-state index contributed by atoms with van der Waals surface area (Å²) >= 11 is 1.55. The summed E-state index contributed by atoms with van der Waals surface area (Å²) in [7, 11) is 0. The van der Waals surface area contributed by atoms with Crippen molar-refractivity contribution in [1.29, 1.82) is 0 Å². The molecule has 2 aliphatic heterocycles. The van der Waals surface area contributed by atoms with Crippen LogP contribution in [0, 0.1) is 0 Å². The summed E-state index contributed by atoms with van der Waals surface area (Å²) in [4.78, 5) is 12.2. The molecule has 3 rings (SSSR count). The van der Waals surface area contributed by atoms with E-state index in [0.717, 1.165) is 16.0 Å². The first-order chi connectivity index (χ1) is 10.8. The Morgan fingerprint density at radius 2 is 2.22 bits per heavy atom. The molecular formula is C15H16F3NO3S. The maximum atomic E-state index is 12.5. The lowest BCUT2D eigenvalue weighted by molar-refractivity contribution is -0.207. The van der Waals surface area contributed by atoms with E-state index in [1.807, 2.05) is 31.4 Å². The molecule has 126 valence electrons. The van der Waals surface area contributed by atoms with E-state index < -0.39 is 29.9 Å². The van der Waals surface area contributed by atoms with Crippen LogP contribution in [-0.4, -0.2) is 36.8 Å². The van der Waals surface area contributed by atoms with E-state index in [1.54, 1.807) is 11.8 Å². The van der Waals surface area contributed by atoms with Crippen molar-refractivity contribution in [2.45, 2.75) is 42.3 Å². The molecule has 0 radical (unpaired) electrons. The van der Waals surface area contributed by atoms with Gasteiger partial charge in [-0.1, -0.05) is 12.1 Å². The predicted molar refractivity (Wildman–Crippen MR) is 78.1 cm³/mol. The molecule has 0 saturated carbocycles. The molecule has 0 aromatic heterocycles. The topological polar surface area (TPSA) is 47.6 Å². The zero-order chi connectivity index (χ0) is 16.8. The van der Waals surface area contributed by atoms with Gasteiger partial charge in [-0.3, -0.25) is 5.32 Å². The van der Waals surface area contributed by atoms with Gasteiger partial charge in [0.2, 0.25) is 0 Å². The van der Waals surface area contributed by atoms with Gasteiger partial charge in [-0.05, 0) is 30.4 Å². The third-order valence-corrected chi connectivity index (χ3v) is 5.17. The number of fused-ring (bicyclic) bond motifs is 3. The Morgan fingerprint density at radius 1 is 1.48 bits per heavy atom. The molecule has 0 amide bonds. The Bertz CT molecular complexity index is 637. The van der Waals surface area contributed by atoms with Crippen LogP contribution in [0.2, 0.25) is 0 Å². The highest BCUT2D eigenvalue weighted by molar-refractivity contribution is 7.98. The van der Waals surface area contributed by atoms with Crippen molar-refractivity contribution in [3.63, 3.8) is 0 Å². The third-order valence-electron chi connectivity index (χ3n) is 4.35. The molecule has 1 saturated heterocycles. The third kappa shape index (κ3) is 2.83. The standard InChI is InChI=1S/C15H16F3NO3S/c1-14-7-19-12(22-13(20)15(16,17)18)11(14)8-4-3-5-10(23-2)9(8)6-21-14/h3-5,11-12,19H,6-7H2,1-2H3. The number of ether oxygens (including phenoxy) is 2. The first-order valence-electron chi connectivity index (χ1n) is 7.07. The summed E-state index contributed by atoms with van der Waals surface area (Å²) in [6.45, 7) is 2.53. The van der Waals surface area contributed by atoms with Crippen molar-refractivity contribution in [3.05, 3.63) is 29.3 Å². The molecule has 23 heavy (non-hydrogen) atoms. The molecular weight excluding hydrogens is 331 g/mol. The van der Waals surface area contributed by atoms with Crippen LogP contribution >= 0.6 is 11.8 Å². The van der Waals surface area contributed by atoms with Crippen molar-refractivity contribution in [1.82, 2.24) is 5.32 Å². The maximum Gasteiger partial charge on any atom is 0.490 e. The molecule has 0 aliphatic carbocycles.